The minimum atomic E-state index is -0.398. The van der Waals surface area contributed by atoms with E-state index in [4.69, 9.17) is 32.7 Å². The lowest BCUT2D eigenvalue weighted by molar-refractivity contribution is -0.153. The van der Waals surface area contributed by atoms with Gasteiger partial charge in [0.05, 0.1) is 12.7 Å². The number of cyclic esters (lactones) is 1. The number of carbonyl (C=O) groups excluding carboxylic acids is 2. The molecular formula is C17H18Cl2N2O4. The molecule has 1 aromatic rings. The molecule has 1 spiro atoms. The molecule has 3 fully saturated rings. The number of benzene rings is 1. The van der Waals surface area contributed by atoms with Gasteiger partial charge in [-0.25, -0.2) is 4.79 Å². The van der Waals surface area contributed by atoms with Gasteiger partial charge in [0, 0.05) is 29.1 Å². The van der Waals surface area contributed by atoms with Crippen LogP contribution in [0.4, 0.5) is 4.79 Å². The van der Waals surface area contributed by atoms with E-state index in [0.29, 0.717) is 36.3 Å². The Labute approximate surface area is 155 Å². The highest BCUT2D eigenvalue weighted by atomic mass is 35.5. The highest BCUT2D eigenvalue weighted by Crippen LogP contribution is 2.36. The molecule has 8 heteroatoms. The monoisotopic (exact) mass is 384 g/mol. The number of hydrogen-bond donors (Lipinski definition) is 1. The zero-order valence-corrected chi connectivity index (χ0v) is 15.0. The van der Waals surface area contributed by atoms with E-state index in [2.05, 4.69) is 5.32 Å². The summed E-state index contributed by atoms with van der Waals surface area (Å²) < 4.78 is 10.7. The zero-order chi connectivity index (χ0) is 17.6. The number of nitrogens with one attached hydrogen (secondary N) is 1. The van der Waals surface area contributed by atoms with Crippen LogP contribution in [0.15, 0.2) is 18.2 Å². The third kappa shape index (κ3) is 3.30. The molecule has 2 saturated heterocycles. The van der Waals surface area contributed by atoms with Crippen LogP contribution in [0, 0.1) is 5.92 Å². The van der Waals surface area contributed by atoms with Crippen LogP contribution in [-0.4, -0.2) is 48.2 Å². The van der Waals surface area contributed by atoms with E-state index in [1.54, 1.807) is 17.0 Å². The Balaban J connectivity index is 1.20. The molecule has 6 nitrogen and oxygen atoms in total. The first kappa shape index (κ1) is 16.9. The Morgan fingerprint density at radius 1 is 1.36 bits per heavy atom. The molecule has 0 atom stereocenters. The summed E-state index contributed by atoms with van der Waals surface area (Å²) in [5.74, 6) is 0.136. The average molecular weight is 385 g/mol. The van der Waals surface area contributed by atoms with Crippen molar-refractivity contribution in [3.05, 3.63) is 33.8 Å². The molecule has 3 aliphatic rings. The first-order valence-corrected chi connectivity index (χ1v) is 8.99. The van der Waals surface area contributed by atoms with Crippen molar-refractivity contribution >= 4 is 35.2 Å². The molecule has 134 valence electrons. The Kier molecular flexibility index (Phi) is 4.30. The van der Waals surface area contributed by atoms with Crippen molar-refractivity contribution < 1.29 is 19.1 Å². The Morgan fingerprint density at radius 2 is 2.12 bits per heavy atom. The molecule has 2 heterocycles. The van der Waals surface area contributed by atoms with Crippen LogP contribution in [0.2, 0.25) is 10.0 Å². The molecule has 0 bridgehead atoms. The van der Waals surface area contributed by atoms with Crippen LogP contribution < -0.4 is 5.32 Å². The molecule has 1 N–H and O–H groups in total. The summed E-state index contributed by atoms with van der Waals surface area (Å²) in [7, 11) is 0. The maximum Gasteiger partial charge on any atom is 0.407 e. The quantitative estimate of drug-likeness (QED) is 0.865. The van der Waals surface area contributed by atoms with Crippen molar-refractivity contribution in [3.63, 3.8) is 0 Å². The lowest BCUT2D eigenvalue weighted by Crippen LogP contribution is -2.71. The summed E-state index contributed by atoms with van der Waals surface area (Å²) in [5.41, 5.74) is 0.528. The van der Waals surface area contributed by atoms with Crippen LogP contribution in [0.1, 0.15) is 18.4 Å². The molecule has 1 aromatic carbocycles. The molecule has 4 rings (SSSR count). The Hall–Kier alpha value is -1.50. The summed E-state index contributed by atoms with van der Waals surface area (Å²) >= 11 is 12.0. The molecular weight excluding hydrogens is 367 g/mol. The number of nitrogens with zero attached hydrogens (tertiary/aromatic N) is 1. The molecule has 0 radical (unpaired) electrons. The predicted molar refractivity (Wildman–Crippen MR) is 91.6 cm³/mol. The van der Waals surface area contributed by atoms with Crippen molar-refractivity contribution in [3.8, 4) is 0 Å². The lowest BCUT2D eigenvalue weighted by atomic mass is 9.79. The third-order valence-corrected chi connectivity index (χ3v) is 5.67. The van der Waals surface area contributed by atoms with Crippen LogP contribution in [0.5, 0.6) is 0 Å². The highest BCUT2D eigenvalue weighted by Gasteiger charge is 2.53. The van der Waals surface area contributed by atoms with Gasteiger partial charge in [-0.3, -0.25) is 4.79 Å². The van der Waals surface area contributed by atoms with Crippen molar-refractivity contribution in [2.24, 2.45) is 5.92 Å². The number of alkyl carbamates (subject to hydrolysis) is 1. The van der Waals surface area contributed by atoms with Gasteiger partial charge < -0.3 is 19.7 Å². The van der Waals surface area contributed by atoms with Gasteiger partial charge in [-0.15, -0.1) is 0 Å². The standard InChI is InChI=1S/C17H18Cl2N2O4/c18-12-2-1-10(14(19)5-12)6-24-13-3-11(4-13)15(22)21-7-17(8-21)9-25-16(23)20-17/h1-2,5,11,13H,3-4,6-9H2,(H,20,23)/t11-,13+. The van der Waals surface area contributed by atoms with E-state index in [1.807, 2.05) is 6.07 Å². The largest absolute Gasteiger partial charge is 0.447 e. The number of hydrogen-bond acceptors (Lipinski definition) is 4. The minimum absolute atomic E-state index is 0.000984. The number of ether oxygens (including phenoxy) is 2. The van der Waals surface area contributed by atoms with Crippen molar-refractivity contribution in [2.75, 3.05) is 19.7 Å². The second-order valence-corrected chi connectivity index (χ2v) is 7.86. The van der Waals surface area contributed by atoms with Gasteiger partial charge in [-0.1, -0.05) is 29.3 Å². The molecule has 0 unspecified atom stereocenters. The van der Waals surface area contributed by atoms with Gasteiger partial charge in [0.1, 0.15) is 12.1 Å². The SMILES string of the molecule is O=C1NC2(CO1)CN(C(=O)[C@H]1C[C@@H](OCc3ccc(Cl)cc3Cl)C1)C2. The van der Waals surface area contributed by atoms with Crippen molar-refractivity contribution in [1.29, 1.82) is 0 Å². The second kappa shape index (κ2) is 6.34. The van der Waals surface area contributed by atoms with E-state index in [1.165, 1.54) is 0 Å². The van der Waals surface area contributed by atoms with Crippen molar-refractivity contribution in [2.45, 2.75) is 31.1 Å². The molecule has 2 aliphatic heterocycles. The zero-order valence-electron chi connectivity index (χ0n) is 13.5. The van der Waals surface area contributed by atoms with E-state index in [9.17, 15) is 9.59 Å². The number of halogens is 2. The summed E-state index contributed by atoms with van der Waals surface area (Å²) in [6.45, 7) is 1.81. The van der Waals surface area contributed by atoms with E-state index in [0.717, 1.165) is 18.4 Å². The summed E-state index contributed by atoms with van der Waals surface area (Å²) in [6, 6.07) is 5.33. The van der Waals surface area contributed by atoms with Crippen LogP contribution in [0.3, 0.4) is 0 Å². The summed E-state index contributed by atoms with van der Waals surface area (Å²) in [4.78, 5) is 25.3. The lowest BCUT2D eigenvalue weighted by Gasteiger charge is -2.48. The van der Waals surface area contributed by atoms with Gasteiger partial charge in [-0.2, -0.15) is 0 Å². The minimum Gasteiger partial charge on any atom is -0.447 e. The molecule has 1 aliphatic carbocycles. The molecule has 0 aromatic heterocycles. The van der Waals surface area contributed by atoms with E-state index >= 15 is 0 Å². The summed E-state index contributed by atoms with van der Waals surface area (Å²) in [5, 5.41) is 3.97. The van der Waals surface area contributed by atoms with Crippen LogP contribution in [0.25, 0.3) is 0 Å². The predicted octanol–water partition coefficient (Wildman–Crippen LogP) is 2.61. The maximum absolute atomic E-state index is 12.4. The van der Waals surface area contributed by atoms with Crippen LogP contribution in [-0.2, 0) is 20.9 Å². The number of amides is 2. The Bertz CT molecular complexity index is 715. The molecule has 2 amide bonds. The van der Waals surface area contributed by atoms with E-state index in [-0.39, 0.29) is 23.5 Å². The van der Waals surface area contributed by atoms with Gasteiger partial charge in [0.2, 0.25) is 5.91 Å². The molecule has 25 heavy (non-hydrogen) atoms. The van der Waals surface area contributed by atoms with Crippen molar-refractivity contribution in [1.82, 2.24) is 10.2 Å². The third-order valence-electron chi connectivity index (χ3n) is 5.08. The van der Waals surface area contributed by atoms with E-state index < -0.39 is 6.09 Å². The van der Waals surface area contributed by atoms with Gasteiger partial charge in [-0.05, 0) is 30.5 Å². The fourth-order valence-electron chi connectivity index (χ4n) is 3.51. The number of carbonyl (C=O) groups is 2. The van der Waals surface area contributed by atoms with Gasteiger partial charge in [0.15, 0.2) is 0 Å². The highest BCUT2D eigenvalue weighted by molar-refractivity contribution is 6.35. The first-order chi connectivity index (χ1) is 11.9. The fraction of sp³-hybridized carbons (Fsp3) is 0.529. The Morgan fingerprint density at radius 3 is 2.76 bits per heavy atom. The average Bonchev–Trinajstić information content (AvgIpc) is 2.88. The number of likely N-dealkylation sites (tertiary alicyclic amines) is 1. The fourth-order valence-corrected chi connectivity index (χ4v) is 3.97. The topological polar surface area (TPSA) is 67.9 Å². The summed E-state index contributed by atoms with van der Waals surface area (Å²) in [6.07, 6.45) is 1.11. The second-order valence-electron chi connectivity index (χ2n) is 7.01. The van der Waals surface area contributed by atoms with Crippen LogP contribution >= 0.6 is 23.2 Å². The first-order valence-electron chi connectivity index (χ1n) is 8.23. The molecule has 1 saturated carbocycles. The number of rotatable bonds is 4. The smallest absolute Gasteiger partial charge is 0.407 e. The van der Waals surface area contributed by atoms with Gasteiger partial charge >= 0.3 is 6.09 Å². The maximum atomic E-state index is 12.4. The van der Waals surface area contributed by atoms with Gasteiger partial charge in [0.25, 0.3) is 0 Å². The normalized spacial score (nSPS) is 26.6.